The van der Waals surface area contributed by atoms with Crippen LogP contribution in [0.5, 0.6) is 0 Å². The van der Waals surface area contributed by atoms with Gasteiger partial charge in [0.05, 0.1) is 6.04 Å². The molecule has 2 saturated heterocycles. The Morgan fingerprint density at radius 1 is 0.828 bits per heavy atom. The van der Waals surface area contributed by atoms with Crippen LogP contribution in [0.3, 0.4) is 0 Å². The number of likely N-dealkylation sites (N-methyl/N-ethyl adjacent to an activating group) is 2. The van der Waals surface area contributed by atoms with Gasteiger partial charge in [0.15, 0.2) is 0 Å². The van der Waals surface area contributed by atoms with E-state index in [0.717, 1.165) is 52.4 Å². The van der Waals surface area contributed by atoms with Crippen molar-refractivity contribution >= 4 is 11.4 Å². The van der Waals surface area contributed by atoms with E-state index in [1.165, 1.54) is 5.56 Å². The zero-order chi connectivity index (χ0) is 20.4. The van der Waals surface area contributed by atoms with Gasteiger partial charge in [-0.3, -0.25) is 14.5 Å². The smallest absolute Gasteiger partial charge is 0.253 e. The minimum atomic E-state index is -0.371. The van der Waals surface area contributed by atoms with Crippen LogP contribution in [-0.2, 0) is 0 Å². The number of rotatable bonds is 6. The van der Waals surface area contributed by atoms with Gasteiger partial charge in [-0.2, -0.15) is 0 Å². The summed E-state index contributed by atoms with van der Waals surface area (Å²) in [6, 6.07) is 10.6. The summed E-state index contributed by atoms with van der Waals surface area (Å²) in [6.45, 7) is 8.08. The first kappa shape index (κ1) is 20.1. The van der Waals surface area contributed by atoms with Gasteiger partial charge in [0, 0.05) is 58.9 Å². The van der Waals surface area contributed by atoms with Crippen molar-refractivity contribution in [2.24, 2.45) is 0 Å². The van der Waals surface area contributed by atoms with Crippen molar-refractivity contribution in [1.82, 2.24) is 14.7 Å². The Kier molecular flexibility index (Phi) is 5.99. The van der Waals surface area contributed by atoms with E-state index in [-0.39, 0.29) is 16.9 Å². The van der Waals surface area contributed by atoms with Crippen molar-refractivity contribution in [3.05, 3.63) is 56.3 Å². The van der Waals surface area contributed by atoms with Crippen molar-refractivity contribution in [2.45, 2.75) is 6.04 Å². The van der Waals surface area contributed by atoms with Crippen LogP contribution < -0.4 is 21.1 Å². The minimum Gasteiger partial charge on any atom is -0.378 e. The van der Waals surface area contributed by atoms with Crippen LogP contribution in [0.2, 0.25) is 0 Å². The molecule has 0 saturated carbocycles. The van der Waals surface area contributed by atoms with Gasteiger partial charge < -0.3 is 20.0 Å². The van der Waals surface area contributed by atoms with E-state index in [4.69, 9.17) is 0 Å². The van der Waals surface area contributed by atoms with Crippen LogP contribution in [-0.4, -0.2) is 87.7 Å². The molecule has 2 fully saturated rings. The summed E-state index contributed by atoms with van der Waals surface area (Å²) in [5, 5.41) is 3.36. The number of hydrogen-bond donors (Lipinski definition) is 1. The highest BCUT2D eigenvalue weighted by Gasteiger charge is 2.30. The minimum absolute atomic E-state index is 0.176. The highest BCUT2D eigenvalue weighted by atomic mass is 16.2. The predicted octanol–water partition coefficient (Wildman–Crippen LogP) is 0.435. The fraction of sp³-hybridized carbons (Fsp3) is 0.545. The van der Waals surface area contributed by atoms with Crippen LogP contribution >= 0.6 is 0 Å². The highest BCUT2D eigenvalue weighted by Crippen LogP contribution is 2.26. The van der Waals surface area contributed by atoms with Crippen LogP contribution in [0, 0.1) is 0 Å². The monoisotopic (exact) mass is 397 g/mol. The van der Waals surface area contributed by atoms with E-state index >= 15 is 0 Å². The Balaban J connectivity index is 1.50. The summed E-state index contributed by atoms with van der Waals surface area (Å²) in [6.07, 6.45) is 0. The van der Waals surface area contributed by atoms with E-state index in [0.29, 0.717) is 17.9 Å². The Hall–Kier alpha value is -2.22. The summed E-state index contributed by atoms with van der Waals surface area (Å²) in [5.41, 5.74) is 1.63. The summed E-state index contributed by atoms with van der Waals surface area (Å²) >= 11 is 0. The van der Waals surface area contributed by atoms with Gasteiger partial charge in [-0.15, -0.1) is 0 Å². The molecular weight excluding hydrogens is 366 g/mol. The molecule has 2 aromatic rings. The lowest BCUT2D eigenvalue weighted by molar-refractivity contribution is 0.116. The molecule has 2 aromatic carbocycles. The molecular formula is C22H31N5O2. The topological polar surface area (TPSA) is 59.1 Å². The lowest BCUT2D eigenvalue weighted by Crippen LogP contribution is -2.51. The quantitative estimate of drug-likeness (QED) is 0.710. The maximum absolute atomic E-state index is 12.3. The Bertz CT molecular complexity index is 876. The second-order valence-corrected chi connectivity index (χ2v) is 8.32. The first-order valence-corrected chi connectivity index (χ1v) is 10.5. The summed E-state index contributed by atoms with van der Waals surface area (Å²) < 4.78 is 0. The molecule has 156 valence electrons. The lowest BCUT2D eigenvalue weighted by atomic mass is 10.0. The molecule has 0 spiro atoms. The average molecular weight is 398 g/mol. The third-order valence-corrected chi connectivity index (χ3v) is 6.34. The van der Waals surface area contributed by atoms with Gasteiger partial charge in [0.1, 0.15) is 11.4 Å². The van der Waals surface area contributed by atoms with Crippen LogP contribution in [0.4, 0.5) is 11.4 Å². The number of anilines is 2. The Labute approximate surface area is 172 Å². The van der Waals surface area contributed by atoms with Gasteiger partial charge in [-0.1, -0.05) is 30.3 Å². The predicted molar refractivity (Wildman–Crippen MR) is 118 cm³/mol. The second kappa shape index (κ2) is 8.65. The molecule has 1 atom stereocenters. The third kappa shape index (κ3) is 4.22. The lowest BCUT2D eigenvalue weighted by Gasteiger charge is -2.39. The van der Waals surface area contributed by atoms with Crippen molar-refractivity contribution in [3.63, 3.8) is 0 Å². The van der Waals surface area contributed by atoms with Gasteiger partial charge in [0.2, 0.25) is 0 Å². The highest BCUT2D eigenvalue weighted by molar-refractivity contribution is 5.75. The fourth-order valence-electron chi connectivity index (χ4n) is 4.34. The molecule has 0 bridgehead atoms. The molecule has 0 radical (unpaired) electrons. The molecule has 2 heterocycles. The molecule has 2 aliphatic rings. The summed E-state index contributed by atoms with van der Waals surface area (Å²) in [4.78, 5) is 33.7. The number of nitrogens with zero attached hydrogens (tertiary/aromatic N) is 4. The molecule has 7 heteroatoms. The van der Waals surface area contributed by atoms with Crippen molar-refractivity contribution < 1.29 is 0 Å². The largest absolute Gasteiger partial charge is 0.378 e. The SMILES string of the molecule is CN1CCN(c2c(NCC(c3ccccc3)N3CCN(C)CC3)c(=O)c2=O)CC1. The molecule has 0 aromatic heterocycles. The third-order valence-electron chi connectivity index (χ3n) is 6.34. The molecule has 29 heavy (non-hydrogen) atoms. The normalized spacial score (nSPS) is 20.8. The molecule has 0 aliphatic carbocycles. The van der Waals surface area contributed by atoms with Gasteiger partial charge >= 0.3 is 0 Å². The van der Waals surface area contributed by atoms with Gasteiger partial charge in [0.25, 0.3) is 10.9 Å². The zero-order valence-corrected chi connectivity index (χ0v) is 17.4. The molecule has 1 unspecified atom stereocenters. The number of piperazine rings is 2. The maximum atomic E-state index is 12.3. The van der Waals surface area contributed by atoms with Crippen molar-refractivity contribution in [2.75, 3.05) is 83.2 Å². The zero-order valence-electron chi connectivity index (χ0n) is 17.4. The molecule has 7 nitrogen and oxygen atoms in total. The van der Waals surface area contributed by atoms with E-state index in [9.17, 15) is 9.59 Å². The van der Waals surface area contributed by atoms with E-state index in [1.807, 2.05) is 6.07 Å². The van der Waals surface area contributed by atoms with Gasteiger partial charge in [-0.25, -0.2) is 0 Å². The summed E-state index contributed by atoms with van der Waals surface area (Å²) in [5.74, 6) is 0. The maximum Gasteiger partial charge on any atom is 0.253 e. The van der Waals surface area contributed by atoms with Crippen LogP contribution in [0.15, 0.2) is 39.9 Å². The van der Waals surface area contributed by atoms with E-state index in [2.05, 4.69) is 63.3 Å². The Morgan fingerprint density at radius 3 is 2.03 bits per heavy atom. The number of nitrogens with one attached hydrogen (secondary N) is 1. The standard InChI is InChI=1S/C22H31N5O2/c1-24-8-12-26(13-9-24)18(17-6-4-3-5-7-17)16-23-19-20(22(29)21(19)28)27-14-10-25(2)11-15-27/h3-7,18,23H,8-16H2,1-2H3. The average Bonchev–Trinajstić information content (AvgIpc) is 2.75. The van der Waals surface area contributed by atoms with Gasteiger partial charge in [-0.05, 0) is 19.7 Å². The first-order chi connectivity index (χ1) is 14.0. The number of benzene rings is 1. The molecule has 2 aliphatic heterocycles. The van der Waals surface area contributed by atoms with Crippen molar-refractivity contribution in [3.8, 4) is 0 Å². The van der Waals surface area contributed by atoms with E-state index < -0.39 is 0 Å². The molecule has 1 N–H and O–H groups in total. The van der Waals surface area contributed by atoms with Crippen molar-refractivity contribution in [1.29, 1.82) is 0 Å². The van der Waals surface area contributed by atoms with Crippen LogP contribution in [0.1, 0.15) is 11.6 Å². The second-order valence-electron chi connectivity index (χ2n) is 8.32. The van der Waals surface area contributed by atoms with E-state index in [1.54, 1.807) is 0 Å². The Morgan fingerprint density at radius 2 is 1.41 bits per heavy atom. The van der Waals surface area contributed by atoms with Crippen LogP contribution in [0.25, 0.3) is 0 Å². The fourth-order valence-corrected chi connectivity index (χ4v) is 4.34. The molecule has 0 amide bonds. The summed E-state index contributed by atoms with van der Waals surface area (Å²) in [7, 11) is 4.23. The first-order valence-electron chi connectivity index (χ1n) is 10.5. The molecule has 4 rings (SSSR count). The number of hydrogen-bond acceptors (Lipinski definition) is 7.